The van der Waals surface area contributed by atoms with Gasteiger partial charge in [-0.05, 0) is 88.7 Å². The zero-order chi connectivity index (χ0) is 21.1. The number of hydrogen-bond donors (Lipinski definition) is 0. The van der Waals surface area contributed by atoms with Crippen LogP contribution in [0.3, 0.4) is 0 Å². The fourth-order valence-electron chi connectivity index (χ4n) is 5.08. The number of urea groups is 1. The Labute approximate surface area is 180 Å². The minimum absolute atomic E-state index is 0.0745. The number of ether oxygens (including phenoxy) is 1. The van der Waals surface area contributed by atoms with Gasteiger partial charge in [-0.25, -0.2) is 4.79 Å². The van der Waals surface area contributed by atoms with Crippen LogP contribution in [0.4, 0.5) is 10.5 Å². The summed E-state index contributed by atoms with van der Waals surface area (Å²) in [6.45, 7) is 9.88. The molecule has 4 fully saturated rings. The molecule has 30 heavy (non-hydrogen) atoms. The van der Waals surface area contributed by atoms with Crippen LogP contribution >= 0.6 is 0 Å². The van der Waals surface area contributed by atoms with Crippen molar-refractivity contribution in [1.82, 2.24) is 9.80 Å². The van der Waals surface area contributed by atoms with Crippen molar-refractivity contribution in [3.8, 4) is 0 Å². The van der Waals surface area contributed by atoms with Gasteiger partial charge in [0.1, 0.15) is 0 Å². The molecule has 6 nitrogen and oxygen atoms in total. The van der Waals surface area contributed by atoms with E-state index in [-0.39, 0.29) is 18.1 Å². The quantitative estimate of drug-likeness (QED) is 0.610. The third-order valence-corrected chi connectivity index (χ3v) is 7.12. The zero-order valence-electron chi connectivity index (χ0n) is 18.4. The number of nitrogens with zero attached hydrogens (tertiary/aromatic N) is 3. The molecule has 0 spiro atoms. The van der Waals surface area contributed by atoms with Gasteiger partial charge in [0, 0.05) is 31.7 Å². The monoisotopic (exact) mass is 413 g/mol. The van der Waals surface area contributed by atoms with E-state index in [2.05, 4.69) is 4.90 Å². The van der Waals surface area contributed by atoms with Crippen LogP contribution in [0.25, 0.3) is 0 Å². The summed E-state index contributed by atoms with van der Waals surface area (Å²) in [5.41, 5.74) is 2.51. The first kappa shape index (κ1) is 21.2. The van der Waals surface area contributed by atoms with Crippen LogP contribution in [-0.4, -0.2) is 67.2 Å². The first-order chi connectivity index (χ1) is 14.4. The van der Waals surface area contributed by atoms with Crippen molar-refractivity contribution in [2.75, 3.05) is 44.2 Å². The molecule has 5 rings (SSSR count). The number of fused-ring (bicyclic) bond motifs is 3. The predicted molar refractivity (Wildman–Crippen MR) is 118 cm³/mol. The second-order valence-corrected chi connectivity index (χ2v) is 9.47. The molecule has 2 amide bonds. The van der Waals surface area contributed by atoms with Crippen molar-refractivity contribution >= 4 is 17.7 Å². The molecule has 0 aliphatic carbocycles. The molecule has 4 heterocycles. The Balaban J connectivity index is 1.27. The summed E-state index contributed by atoms with van der Waals surface area (Å²) < 4.78 is 5.19. The van der Waals surface area contributed by atoms with Gasteiger partial charge >= 0.3 is 12.0 Å². The lowest BCUT2D eigenvalue weighted by Gasteiger charge is -2.49. The third kappa shape index (κ3) is 4.80. The lowest BCUT2D eigenvalue weighted by atomic mass is 9.70. The van der Waals surface area contributed by atoms with E-state index in [0.29, 0.717) is 18.3 Å². The van der Waals surface area contributed by atoms with Gasteiger partial charge in [-0.15, -0.1) is 0 Å². The van der Waals surface area contributed by atoms with Gasteiger partial charge in [-0.3, -0.25) is 9.69 Å². The Morgan fingerprint density at radius 2 is 1.70 bits per heavy atom. The highest BCUT2D eigenvalue weighted by Crippen LogP contribution is 2.43. The lowest BCUT2D eigenvalue weighted by molar-refractivity contribution is -0.147. The maximum absolute atomic E-state index is 13.0. The highest BCUT2D eigenvalue weighted by Gasteiger charge is 2.40. The number of rotatable bonds is 8. The SMILES string of the molecule is CC(C)OC(=O)CCc1ccc(N2CCN(CCC34CCN(CC3)CC4)C2=O)cc1. The number of hydrogen-bond acceptors (Lipinski definition) is 4. The van der Waals surface area contributed by atoms with Crippen LogP contribution in [-0.2, 0) is 16.0 Å². The molecule has 0 saturated carbocycles. The summed E-state index contributed by atoms with van der Waals surface area (Å²) >= 11 is 0. The molecule has 6 heteroatoms. The Hall–Kier alpha value is -2.08. The van der Waals surface area contributed by atoms with E-state index >= 15 is 0 Å². The molecule has 164 valence electrons. The highest BCUT2D eigenvalue weighted by atomic mass is 16.5. The van der Waals surface area contributed by atoms with Crippen molar-refractivity contribution in [3.05, 3.63) is 29.8 Å². The lowest BCUT2D eigenvalue weighted by Crippen LogP contribution is -2.49. The summed E-state index contributed by atoms with van der Waals surface area (Å²) in [5, 5.41) is 0. The minimum atomic E-state index is -0.164. The molecule has 2 bridgehead atoms. The molecule has 1 aromatic rings. The standard InChI is InChI=1S/C24H35N3O3/c1-19(2)30-22(28)8-5-20-3-6-21(7-4-20)27-18-17-26(23(27)29)16-12-24-9-13-25(14-10-24)15-11-24/h3-4,6-7,19H,5,8-18H2,1-2H3. The average molecular weight is 414 g/mol. The number of piperidine rings is 3. The van der Waals surface area contributed by atoms with Crippen LogP contribution in [0.15, 0.2) is 24.3 Å². The fourth-order valence-corrected chi connectivity index (χ4v) is 5.08. The molecular formula is C24H35N3O3. The van der Waals surface area contributed by atoms with Gasteiger partial charge in [0.25, 0.3) is 0 Å². The Kier molecular flexibility index (Phi) is 6.32. The summed E-state index contributed by atoms with van der Waals surface area (Å²) in [7, 11) is 0. The number of carbonyl (C=O) groups is 2. The first-order valence-electron chi connectivity index (χ1n) is 11.5. The number of anilines is 1. The molecule has 1 aromatic carbocycles. The first-order valence-corrected chi connectivity index (χ1v) is 11.5. The van der Waals surface area contributed by atoms with Crippen molar-refractivity contribution in [3.63, 3.8) is 0 Å². The molecule has 0 atom stereocenters. The van der Waals surface area contributed by atoms with Gasteiger partial charge < -0.3 is 14.5 Å². The van der Waals surface area contributed by atoms with Crippen molar-refractivity contribution < 1.29 is 14.3 Å². The largest absolute Gasteiger partial charge is 0.463 e. The molecule has 0 aromatic heterocycles. The van der Waals surface area contributed by atoms with Gasteiger partial charge in [0.15, 0.2) is 0 Å². The van der Waals surface area contributed by atoms with Crippen molar-refractivity contribution in [2.24, 2.45) is 5.41 Å². The highest BCUT2D eigenvalue weighted by molar-refractivity contribution is 5.94. The van der Waals surface area contributed by atoms with Crippen LogP contribution in [0.2, 0.25) is 0 Å². The van der Waals surface area contributed by atoms with Gasteiger partial charge in [-0.2, -0.15) is 0 Å². The summed E-state index contributed by atoms with van der Waals surface area (Å²) in [6, 6.07) is 8.17. The van der Waals surface area contributed by atoms with Gasteiger partial charge in [0.05, 0.1) is 6.10 Å². The number of aryl methyl sites for hydroxylation is 1. The third-order valence-electron chi connectivity index (χ3n) is 7.12. The number of benzene rings is 1. The van der Waals surface area contributed by atoms with E-state index in [1.807, 2.05) is 47.9 Å². The van der Waals surface area contributed by atoms with E-state index < -0.39 is 0 Å². The second kappa shape index (κ2) is 8.96. The van der Waals surface area contributed by atoms with E-state index in [0.717, 1.165) is 37.3 Å². The fraction of sp³-hybridized carbons (Fsp3) is 0.667. The zero-order valence-corrected chi connectivity index (χ0v) is 18.4. The average Bonchev–Trinajstić information content (AvgIpc) is 3.12. The molecule has 0 N–H and O–H groups in total. The van der Waals surface area contributed by atoms with Gasteiger partial charge in [0.2, 0.25) is 0 Å². The predicted octanol–water partition coefficient (Wildman–Crippen LogP) is 3.69. The molecule has 0 radical (unpaired) electrons. The Bertz CT molecular complexity index is 740. The smallest absolute Gasteiger partial charge is 0.324 e. The van der Waals surface area contributed by atoms with Crippen LogP contribution in [0.5, 0.6) is 0 Å². The Morgan fingerprint density at radius 3 is 2.33 bits per heavy atom. The summed E-state index contributed by atoms with van der Waals surface area (Å²) in [6.07, 6.45) is 6.00. The molecular weight excluding hydrogens is 378 g/mol. The van der Waals surface area contributed by atoms with Crippen molar-refractivity contribution in [1.29, 1.82) is 0 Å². The number of esters is 1. The molecule has 0 unspecified atom stereocenters. The maximum atomic E-state index is 13.0. The van der Waals surface area contributed by atoms with E-state index in [4.69, 9.17) is 4.74 Å². The van der Waals surface area contributed by atoms with E-state index in [1.54, 1.807) is 0 Å². The number of amides is 2. The van der Waals surface area contributed by atoms with E-state index in [9.17, 15) is 9.59 Å². The summed E-state index contributed by atoms with van der Waals surface area (Å²) in [4.78, 5) is 31.2. The minimum Gasteiger partial charge on any atom is -0.463 e. The molecule has 4 saturated heterocycles. The molecule has 4 aliphatic rings. The van der Waals surface area contributed by atoms with Gasteiger partial charge in [-0.1, -0.05) is 12.1 Å². The normalized spacial score (nSPS) is 26.0. The van der Waals surface area contributed by atoms with Crippen LogP contribution in [0.1, 0.15) is 51.5 Å². The van der Waals surface area contributed by atoms with Crippen molar-refractivity contribution in [2.45, 2.75) is 58.5 Å². The number of carbonyl (C=O) groups excluding carboxylic acids is 2. The summed E-state index contributed by atoms with van der Waals surface area (Å²) in [5.74, 6) is -0.164. The van der Waals surface area contributed by atoms with Crippen LogP contribution in [0, 0.1) is 5.41 Å². The van der Waals surface area contributed by atoms with Crippen LogP contribution < -0.4 is 4.90 Å². The van der Waals surface area contributed by atoms with E-state index in [1.165, 1.54) is 38.9 Å². The second-order valence-electron chi connectivity index (χ2n) is 9.47. The molecule has 4 aliphatic heterocycles. The topological polar surface area (TPSA) is 53.1 Å². The Morgan fingerprint density at radius 1 is 1.03 bits per heavy atom. The maximum Gasteiger partial charge on any atom is 0.324 e.